The van der Waals surface area contributed by atoms with Crippen LogP contribution in [-0.2, 0) is 13.1 Å². The van der Waals surface area contributed by atoms with Gasteiger partial charge in [-0.3, -0.25) is 0 Å². The van der Waals surface area contributed by atoms with Gasteiger partial charge in [0.05, 0.1) is 6.54 Å². The molecule has 0 amide bonds. The van der Waals surface area contributed by atoms with Gasteiger partial charge in [-0.2, -0.15) is 0 Å². The minimum atomic E-state index is 0.641. The predicted octanol–water partition coefficient (Wildman–Crippen LogP) is 6.30. The van der Waals surface area contributed by atoms with Gasteiger partial charge in [0.15, 0.2) is 5.96 Å². The summed E-state index contributed by atoms with van der Waals surface area (Å²) < 4.78 is 6.16. The van der Waals surface area contributed by atoms with Crippen LogP contribution in [0.15, 0.2) is 59.6 Å². The highest BCUT2D eigenvalue weighted by atomic mass is 16.5. The number of anilines is 2. The molecule has 3 aromatic rings. The van der Waals surface area contributed by atoms with Crippen LogP contribution in [0.3, 0.4) is 0 Å². The number of nitrogens with zero attached hydrogens (tertiary/aromatic N) is 1. The van der Waals surface area contributed by atoms with Crippen molar-refractivity contribution in [2.75, 3.05) is 17.2 Å². The van der Waals surface area contributed by atoms with Crippen molar-refractivity contribution in [3.63, 3.8) is 0 Å². The van der Waals surface area contributed by atoms with Gasteiger partial charge in [-0.25, -0.2) is 4.99 Å². The summed E-state index contributed by atoms with van der Waals surface area (Å²) >= 11 is 0. The molecule has 0 radical (unpaired) electrons. The molecule has 0 aromatic heterocycles. The number of guanidine groups is 1. The predicted molar refractivity (Wildman–Crippen MR) is 134 cm³/mol. The number of hydrogen-bond acceptors (Lipinski definition) is 5. The van der Waals surface area contributed by atoms with Crippen LogP contribution in [0.2, 0.25) is 0 Å². The third kappa shape index (κ3) is 5.22. The minimum absolute atomic E-state index is 0.641. The first-order chi connectivity index (χ1) is 15.5. The Kier molecular flexibility index (Phi) is 6.64. The number of fused-ring (bicyclic) bond motifs is 1. The van der Waals surface area contributed by atoms with Crippen molar-refractivity contribution in [1.29, 1.82) is 0 Å². The van der Waals surface area contributed by atoms with E-state index in [2.05, 4.69) is 79.0 Å². The van der Waals surface area contributed by atoms with Gasteiger partial charge in [-0.1, -0.05) is 30.7 Å². The first kappa shape index (κ1) is 21.8. The van der Waals surface area contributed by atoms with Gasteiger partial charge in [-0.05, 0) is 74.2 Å². The highest BCUT2D eigenvalue weighted by molar-refractivity contribution is 5.95. The summed E-state index contributed by atoms with van der Waals surface area (Å²) in [6, 6.07) is 18.7. The molecule has 32 heavy (non-hydrogen) atoms. The number of nitrogens with one attached hydrogen (secondary N) is 3. The molecule has 0 unspecified atom stereocenters. The van der Waals surface area contributed by atoms with E-state index < -0.39 is 0 Å². The van der Waals surface area contributed by atoms with Crippen LogP contribution in [0, 0.1) is 20.8 Å². The molecule has 0 bridgehead atoms. The Hall–Kier alpha value is -3.47. The summed E-state index contributed by atoms with van der Waals surface area (Å²) in [7, 11) is 0. The molecule has 1 aliphatic rings. The summed E-state index contributed by atoms with van der Waals surface area (Å²) in [5.74, 6) is 2.46. The Morgan fingerprint density at radius 1 is 0.938 bits per heavy atom. The fraction of sp³-hybridized carbons (Fsp3) is 0.296. The van der Waals surface area contributed by atoms with Crippen molar-refractivity contribution in [2.24, 2.45) is 4.99 Å². The van der Waals surface area contributed by atoms with Gasteiger partial charge in [0, 0.05) is 36.1 Å². The minimum Gasteiger partial charge on any atom is -0.457 e. The lowest BCUT2D eigenvalue weighted by Gasteiger charge is -2.20. The second-order valence-corrected chi connectivity index (χ2v) is 8.40. The van der Waals surface area contributed by atoms with Crippen LogP contribution in [0.1, 0.15) is 41.2 Å². The lowest BCUT2D eigenvalue weighted by Crippen LogP contribution is -2.33. The Balaban J connectivity index is 1.41. The van der Waals surface area contributed by atoms with E-state index in [0.717, 1.165) is 53.9 Å². The van der Waals surface area contributed by atoms with E-state index in [9.17, 15) is 0 Å². The molecule has 1 aliphatic heterocycles. The van der Waals surface area contributed by atoms with Gasteiger partial charge in [0.25, 0.3) is 0 Å². The Morgan fingerprint density at radius 3 is 2.50 bits per heavy atom. The molecule has 3 aromatic carbocycles. The monoisotopic (exact) mass is 428 g/mol. The second kappa shape index (κ2) is 9.77. The average molecular weight is 429 g/mol. The van der Waals surface area contributed by atoms with Gasteiger partial charge in [0.2, 0.25) is 0 Å². The Bertz CT molecular complexity index is 1110. The quantitative estimate of drug-likeness (QED) is 0.413. The van der Waals surface area contributed by atoms with Crippen LogP contribution < -0.4 is 20.7 Å². The van der Waals surface area contributed by atoms with Crippen LogP contribution >= 0.6 is 0 Å². The SMILES string of the molecule is CCCNC1=NCc2cc(Oc3cccc(NCc4c(C)cc(C)cc4C)c3)ccc2N1. The molecule has 5 heteroatoms. The molecule has 3 N–H and O–H groups in total. The van der Waals surface area contributed by atoms with E-state index in [1.807, 2.05) is 24.3 Å². The molecular formula is C27H32N4O. The fourth-order valence-electron chi connectivity index (χ4n) is 4.05. The molecule has 0 saturated heterocycles. The third-order valence-corrected chi connectivity index (χ3v) is 5.66. The van der Waals surface area contributed by atoms with Crippen molar-refractivity contribution < 1.29 is 4.74 Å². The standard InChI is InChI=1S/C27H32N4O/c1-5-11-28-27-30-16-21-14-24(9-10-26(21)31-27)32-23-8-6-7-22(15-23)29-17-25-19(3)12-18(2)13-20(25)4/h6-10,12-15,29H,5,11,16-17H2,1-4H3,(H2,28,30,31). The first-order valence-corrected chi connectivity index (χ1v) is 11.3. The van der Waals surface area contributed by atoms with E-state index in [0.29, 0.717) is 6.54 Å². The number of benzene rings is 3. The van der Waals surface area contributed by atoms with E-state index in [1.54, 1.807) is 0 Å². The zero-order valence-corrected chi connectivity index (χ0v) is 19.4. The van der Waals surface area contributed by atoms with Gasteiger partial charge in [-0.15, -0.1) is 0 Å². The summed E-state index contributed by atoms with van der Waals surface area (Å²) in [4.78, 5) is 4.57. The molecule has 0 spiro atoms. The maximum atomic E-state index is 6.16. The van der Waals surface area contributed by atoms with E-state index in [-0.39, 0.29) is 0 Å². The van der Waals surface area contributed by atoms with Crippen molar-refractivity contribution in [3.8, 4) is 11.5 Å². The third-order valence-electron chi connectivity index (χ3n) is 5.66. The van der Waals surface area contributed by atoms with Crippen LogP contribution in [0.5, 0.6) is 11.5 Å². The zero-order valence-electron chi connectivity index (χ0n) is 19.4. The molecule has 4 rings (SSSR count). The van der Waals surface area contributed by atoms with Crippen LogP contribution in [0.4, 0.5) is 11.4 Å². The normalized spacial score (nSPS) is 12.4. The van der Waals surface area contributed by atoms with Crippen molar-refractivity contribution in [2.45, 2.75) is 47.2 Å². The summed E-state index contributed by atoms with van der Waals surface area (Å²) in [6.07, 6.45) is 1.07. The smallest absolute Gasteiger partial charge is 0.196 e. The molecule has 166 valence electrons. The van der Waals surface area contributed by atoms with Crippen LogP contribution in [-0.4, -0.2) is 12.5 Å². The maximum Gasteiger partial charge on any atom is 0.196 e. The largest absolute Gasteiger partial charge is 0.457 e. The lowest BCUT2D eigenvalue weighted by atomic mass is 10.00. The Labute approximate surface area is 190 Å². The topological polar surface area (TPSA) is 57.7 Å². The van der Waals surface area contributed by atoms with Gasteiger partial charge >= 0.3 is 0 Å². The lowest BCUT2D eigenvalue weighted by molar-refractivity contribution is 0.482. The number of hydrogen-bond donors (Lipinski definition) is 3. The van der Waals surface area contributed by atoms with Crippen molar-refractivity contribution >= 4 is 17.3 Å². The van der Waals surface area contributed by atoms with Crippen LogP contribution in [0.25, 0.3) is 0 Å². The number of rotatable bonds is 7. The van der Waals surface area contributed by atoms with E-state index >= 15 is 0 Å². The molecular weight excluding hydrogens is 396 g/mol. The number of ether oxygens (including phenoxy) is 1. The van der Waals surface area contributed by atoms with Crippen molar-refractivity contribution in [1.82, 2.24) is 5.32 Å². The zero-order chi connectivity index (χ0) is 22.5. The highest BCUT2D eigenvalue weighted by Gasteiger charge is 2.12. The van der Waals surface area contributed by atoms with Crippen molar-refractivity contribution in [3.05, 3.63) is 82.4 Å². The molecule has 1 heterocycles. The average Bonchev–Trinajstić information content (AvgIpc) is 2.77. The molecule has 0 saturated carbocycles. The van der Waals surface area contributed by atoms with E-state index in [1.165, 1.54) is 22.3 Å². The molecule has 0 fully saturated rings. The fourth-order valence-corrected chi connectivity index (χ4v) is 4.05. The molecule has 0 atom stereocenters. The number of aliphatic imine (C=N–C) groups is 1. The summed E-state index contributed by atoms with van der Waals surface area (Å²) in [5.41, 5.74) is 8.53. The summed E-state index contributed by atoms with van der Waals surface area (Å²) in [5, 5.41) is 10.2. The molecule has 0 aliphatic carbocycles. The summed E-state index contributed by atoms with van der Waals surface area (Å²) in [6.45, 7) is 11.0. The number of aryl methyl sites for hydroxylation is 3. The van der Waals surface area contributed by atoms with E-state index in [4.69, 9.17) is 4.74 Å². The second-order valence-electron chi connectivity index (χ2n) is 8.40. The maximum absolute atomic E-state index is 6.16. The van der Waals surface area contributed by atoms with Gasteiger partial charge < -0.3 is 20.7 Å². The molecule has 5 nitrogen and oxygen atoms in total. The Morgan fingerprint density at radius 2 is 1.72 bits per heavy atom. The highest BCUT2D eigenvalue weighted by Crippen LogP contribution is 2.30. The van der Waals surface area contributed by atoms with Gasteiger partial charge in [0.1, 0.15) is 11.5 Å². The first-order valence-electron chi connectivity index (χ1n) is 11.3.